The van der Waals surface area contributed by atoms with Gasteiger partial charge < -0.3 is 34.3 Å². The number of nitrogens with one attached hydrogen (secondary N) is 2. The first-order valence-electron chi connectivity index (χ1n) is 9.16. The van der Waals surface area contributed by atoms with E-state index >= 15 is 0 Å². The molecule has 1 aromatic rings. The Bertz CT molecular complexity index is 738. The minimum Gasteiger partial charge on any atom is -0.493 e. The van der Waals surface area contributed by atoms with Crippen molar-refractivity contribution >= 4 is 12.0 Å². The van der Waals surface area contributed by atoms with Crippen molar-refractivity contribution in [3.05, 3.63) is 30.0 Å². The van der Waals surface area contributed by atoms with Crippen molar-refractivity contribution in [2.24, 2.45) is 5.92 Å². The van der Waals surface area contributed by atoms with Gasteiger partial charge in [0.2, 0.25) is 5.75 Å². The molecule has 1 aliphatic rings. The zero-order valence-corrected chi connectivity index (χ0v) is 17.4. The van der Waals surface area contributed by atoms with Crippen molar-refractivity contribution in [3.63, 3.8) is 0 Å². The number of urea groups is 1. The number of hydrogen-bond donors (Lipinski definition) is 2. The fourth-order valence-corrected chi connectivity index (χ4v) is 3.04. The van der Waals surface area contributed by atoms with E-state index in [-0.39, 0.29) is 25.0 Å². The molecule has 2 amide bonds. The van der Waals surface area contributed by atoms with Crippen LogP contribution in [0, 0.1) is 5.92 Å². The number of amides is 2. The molecule has 2 rings (SSSR count). The number of carbonyl (C=O) groups excluding carboxylic acids is 2. The van der Waals surface area contributed by atoms with Gasteiger partial charge >= 0.3 is 12.0 Å². The summed E-state index contributed by atoms with van der Waals surface area (Å²) in [5.74, 6) is -0.179. The Morgan fingerprint density at radius 3 is 2.24 bits per heavy atom. The molecule has 29 heavy (non-hydrogen) atoms. The summed E-state index contributed by atoms with van der Waals surface area (Å²) in [6.07, 6.45) is 0.0336. The molecule has 0 unspecified atom stereocenters. The van der Waals surface area contributed by atoms with Crippen LogP contribution in [0.2, 0.25) is 0 Å². The van der Waals surface area contributed by atoms with E-state index in [1.807, 2.05) is 13.8 Å². The van der Waals surface area contributed by atoms with Crippen LogP contribution in [0.3, 0.4) is 0 Å². The van der Waals surface area contributed by atoms with Crippen LogP contribution in [0.4, 0.5) is 4.79 Å². The van der Waals surface area contributed by atoms with Crippen molar-refractivity contribution in [3.8, 4) is 17.2 Å². The van der Waals surface area contributed by atoms with Gasteiger partial charge in [-0.15, -0.1) is 0 Å². The fraction of sp³-hybridized carbons (Fsp3) is 0.500. The monoisotopic (exact) mass is 408 g/mol. The molecule has 1 aliphatic heterocycles. The highest BCUT2D eigenvalue weighted by atomic mass is 16.6. The van der Waals surface area contributed by atoms with Crippen LogP contribution in [-0.4, -0.2) is 52.6 Å². The second kappa shape index (κ2) is 10.0. The molecule has 0 saturated carbocycles. The van der Waals surface area contributed by atoms with Crippen molar-refractivity contribution < 1.29 is 33.3 Å². The molecule has 0 bridgehead atoms. The molecule has 0 radical (unpaired) electrons. The molecular formula is C20H28N2O7. The zero-order valence-electron chi connectivity index (χ0n) is 17.4. The highest BCUT2D eigenvalue weighted by Gasteiger charge is 2.39. The maximum atomic E-state index is 12.8. The van der Waals surface area contributed by atoms with Gasteiger partial charge in [0.05, 0.1) is 40.1 Å². The van der Waals surface area contributed by atoms with Crippen molar-refractivity contribution in [1.29, 1.82) is 0 Å². The Labute approximate surface area is 170 Å². The molecule has 1 heterocycles. The quantitative estimate of drug-likeness (QED) is 0.477. The average Bonchev–Trinajstić information content (AvgIpc) is 2.68. The lowest BCUT2D eigenvalue weighted by atomic mass is 9.88. The van der Waals surface area contributed by atoms with Gasteiger partial charge in [-0.25, -0.2) is 4.79 Å². The molecule has 1 fully saturated rings. The van der Waals surface area contributed by atoms with Gasteiger partial charge in [0.25, 0.3) is 0 Å². The molecule has 0 aliphatic carbocycles. The van der Waals surface area contributed by atoms with Crippen LogP contribution >= 0.6 is 0 Å². The van der Waals surface area contributed by atoms with E-state index in [9.17, 15) is 9.59 Å². The summed E-state index contributed by atoms with van der Waals surface area (Å²) < 4.78 is 26.8. The molecule has 1 saturated heterocycles. The predicted octanol–water partition coefficient (Wildman–Crippen LogP) is 2.16. The van der Waals surface area contributed by atoms with E-state index in [0.29, 0.717) is 22.8 Å². The van der Waals surface area contributed by atoms with Gasteiger partial charge in [-0.2, -0.15) is 0 Å². The van der Waals surface area contributed by atoms with Crippen LogP contribution in [0.5, 0.6) is 17.2 Å². The molecular weight excluding hydrogens is 380 g/mol. The fourth-order valence-electron chi connectivity index (χ4n) is 3.04. The molecule has 0 spiro atoms. The number of benzene rings is 1. The van der Waals surface area contributed by atoms with E-state index < -0.39 is 24.0 Å². The Morgan fingerprint density at radius 2 is 1.72 bits per heavy atom. The summed E-state index contributed by atoms with van der Waals surface area (Å²) in [4.78, 5) is 24.8. The minimum absolute atomic E-state index is 0.0336. The molecule has 160 valence electrons. The van der Waals surface area contributed by atoms with E-state index in [2.05, 4.69) is 17.2 Å². The van der Waals surface area contributed by atoms with Crippen molar-refractivity contribution in [2.45, 2.75) is 26.0 Å². The topological polar surface area (TPSA) is 104 Å². The minimum atomic E-state index is -0.852. The predicted molar refractivity (Wildman–Crippen MR) is 105 cm³/mol. The van der Waals surface area contributed by atoms with E-state index in [4.69, 9.17) is 23.7 Å². The molecule has 9 heteroatoms. The number of esters is 1. The SMILES string of the molecule is C=C1NC(=O)N[C@@H](c2cc(OC)c(OC)c(OC)c2)[C@@H]1C(=O)OCCOC(C)C. The smallest absolute Gasteiger partial charge is 0.319 e. The molecule has 9 nitrogen and oxygen atoms in total. The maximum absolute atomic E-state index is 12.8. The summed E-state index contributed by atoms with van der Waals surface area (Å²) in [5.41, 5.74) is 0.818. The third kappa shape index (κ3) is 5.32. The van der Waals surface area contributed by atoms with Gasteiger partial charge in [0.1, 0.15) is 12.5 Å². The lowest BCUT2D eigenvalue weighted by molar-refractivity contribution is -0.150. The summed E-state index contributed by atoms with van der Waals surface area (Å²) in [7, 11) is 4.47. The van der Waals surface area contributed by atoms with Gasteiger partial charge in [0, 0.05) is 5.70 Å². The summed E-state index contributed by atoms with van der Waals surface area (Å²) in [6.45, 7) is 7.98. The first-order valence-corrected chi connectivity index (χ1v) is 9.16. The van der Waals surface area contributed by atoms with Gasteiger partial charge in [-0.05, 0) is 31.5 Å². The summed E-state index contributed by atoms with van der Waals surface area (Å²) in [6, 6.07) is 2.14. The van der Waals surface area contributed by atoms with Crippen LogP contribution < -0.4 is 24.8 Å². The zero-order chi connectivity index (χ0) is 21.6. The average molecular weight is 408 g/mol. The highest BCUT2D eigenvalue weighted by Crippen LogP contribution is 2.42. The lowest BCUT2D eigenvalue weighted by Crippen LogP contribution is -2.51. The summed E-state index contributed by atoms with van der Waals surface area (Å²) >= 11 is 0. The highest BCUT2D eigenvalue weighted by molar-refractivity contribution is 5.85. The standard InChI is InChI=1S/C20H28N2O7/c1-11(2)28-7-8-29-19(23)16-12(3)21-20(24)22-17(16)13-9-14(25-4)18(27-6)15(10-13)26-5/h9-11,16-17H,3,7-8H2,1-2,4-6H3,(H2,21,22,24)/t16-,17+/m1/s1. The summed E-state index contributed by atoms with van der Waals surface area (Å²) in [5, 5.41) is 5.28. The second-order valence-corrected chi connectivity index (χ2v) is 6.62. The van der Waals surface area contributed by atoms with Crippen molar-refractivity contribution in [2.75, 3.05) is 34.5 Å². The number of methoxy groups -OCH3 is 3. The number of ether oxygens (including phenoxy) is 5. The normalized spacial score (nSPS) is 18.7. The first kappa shape index (κ1) is 22.4. The van der Waals surface area contributed by atoms with Crippen LogP contribution in [0.1, 0.15) is 25.5 Å². The van der Waals surface area contributed by atoms with Crippen LogP contribution in [0.15, 0.2) is 24.4 Å². The number of carbonyl (C=O) groups is 2. The van der Waals surface area contributed by atoms with Crippen LogP contribution in [0.25, 0.3) is 0 Å². The Morgan fingerprint density at radius 1 is 1.10 bits per heavy atom. The Kier molecular flexibility index (Phi) is 7.72. The second-order valence-electron chi connectivity index (χ2n) is 6.62. The Balaban J connectivity index is 2.32. The lowest BCUT2D eigenvalue weighted by Gasteiger charge is -2.33. The maximum Gasteiger partial charge on any atom is 0.319 e. The van der Waals surface area contributed by atoms with E-state index in [1.165, 1.54) is 21.3 Å². The van der Waals surface area contributed by atoms with E-state index in [0.717, 1.165) is 0 Å². The van der Waals surface area contributed by atoms with E-state index in [1.54, 1.807) is 12.1 Å². The molecule has 2 atom stereocenters. The van der Waals surface area contributed by atoms with Gasteiger partial charge in [-0.1, -0.05) is 6.58 Å². The molecule has 2 N–H and O–H groups in total. The Hall–Kier alpha value is -2.94. The van der Waals surface area contributed by atoms with Crippen molar-refractivity contribution in [1.82, 2.24) is 10.6 Å². The third-order valence-corrected chi connectivity index (χ3v) is 4.35. The third-order valence-electron chi connectivity index (χ3n) is 4.35. The first-order chi connectivity index (χ1) is 13.8. The van der Waals surface area contributed by atoms with Crippen LogP contribution in [-0.2, 0) is 14.3 Å². The molecule has 0 aromatic heterocycles. The van der Waals surface area contributed by atoms with Gasteiger partial charge in [-0.3, -0.25) is 4.79 Å². The largest absolute Gasteiger partial charge is 0.493 e. The molecule has 1 aromatic carbocycles. The number of rotatable bonds is 9. The number of hydrogen-bond acceptors (Lipinski definition) is 7. The van der Waals surface area contributed by atoms with Gasteiger partial charge in [0.15, 0.2) is 11.5 Å².